The van der Waals surface area contributed by atoms with Gasteiger partial charge in [-0.05, 0) is 35.6 Å². The van der Waals surface area contributed by atoms with Crippen LogP contribution < -0.4 is 10.6 Å². The summed E-state index contributed by atoms with van der Waals surface area (Å²) in [5.74, 6) is -1.35. The Hall–Kier alpha value is -3.35. The number of rotatable bonds is 8. The lowest BCUT2D eigenvalue weighted by Crippen LogP contribution is -2.45. The molecule has 3 N–H and O–H groups in total. The van der Waals surface area contributed by atoms with Gasteiger partial charge in [0.1, 0.15) is 12.6 Å². The Morgan fingerprint density at radius 1 is 1.03 bits per heavy atom. The van der Waals surface area contributed by atoms with Crippen LogP contribution in [-0.2, 0) is 14.3 Å². The SMILES string of the molecule is C[C@H](NC(=O)OCC1c2ccccc2-c2ccccc21)C(=O)NCCCC(=O)O. The van der Waals surface area contributed by atoms with Gasteiger partial charge in [-0.2, -0.15) is 0 Å². The van der Waals surface area contributed by atoms with Crippen LogP contribution in [0.1, 0.15) is 36.8 Å². The average molecular weight is 396 g/mol. The first-order valence-electron chi connectivity index (χ1n) is 9.58. The zero-order valence-electron chi connectivity index (χ0n) is 16.2. The molecule has 7 heteroatoms. The maximum atomic E-state index is 12.2. The molecule has 152 valence electrons. The lowest BCUT2D eigenvalue weighted by Gasteiger charge is -2.17. The summed E-state index contributed by atoms with van der Waals surface area (Å²) in [6.45, 7) is 1.96. The van der Waals surface area contributed by atoms with E-state index in [9.17, 15) is 14.4 Å². The molecule has 0 aliphatic heterocycles. The number of carboxylic acids is 1. The molecule has 7 nitrogen and oxygen atoms in total. The molecule has 0 saturated heterocycles. The molecule has 0 fully saturated rings. The molecule has 0 heterocycles. The van der Waals surface area contributed by atoms with Crippen molar-refractivity contribution in [1.82, 2.24) is 10.6 Å². The predicted molar refractivity (Wildman–Crippen MR) is 108 cm³/mol. The van der Waals surface area contributed by atoms with E-state index in [4.69, 9.17) is 9.84 Å². The molecule has 0 aromatic heterocycles. The number of fused-ring (bicyclic) bond motifs is 3. The fourth-order valence-corrected chi connectivity index (χ4v) is 3.49. The lowest BCUT2D eigenvalue weighted by atomic mass is 9.98. The van der Waals surface area contributed by atoms with Gasteiger partial charge in [-0.1, -0.05) is 48.5 Å². The van der Waals surface area contributed by atoms with Crippen LogP contribution in [0.5, 0.6) is 0 Å². The summed E-state index contributed by atoms with van der Waals surface area (Å²) >= 11 is 0. The van der Waals surface area contributed by atoms with Crippen molar-refractivity contribution in [3.8, 4) is 11.1 Å². The average Bonchev–Trinajstić information content (AvgIpc) is 3.03. The van der Waals surface area contributed by atoms with E-state index in [-0.39, 0.29) is 31.4 Å². The summed E-state index contributed by atoms with van der Waals surface area (Å²) in [5, 5.41) is 13.7. The van der Waals surface area contributed by atoms with E-state index < -0.39 is 18.1 Å². The summed E-state index contributed by atoms with van der Waals surface area (Å²) in [6.07, 6.45) is -0.354. The topological polar surface area (TPSA) is 105 Å². The number of ether oxygens (including phenoxy) is 1. The van der Waals surface area contributed by atoms with Gasteiger partial charge in [0.25, 0.3) is 0 Å². The highest BCUT2D eigenvalue weighted by atomic mass is 16.5. The minimum Gasteiger partial charge on any atom is -0.481 e. The molecule has 1 aliphatic rings. The number of nitrogens with one attached hydrogen (secondary N) is 2. The molecule has 3 rings (SSSR count). The third-order valence-electron chi connectivity index (χ3n) is 4.94. The van der Waals surface area contributed by atoms with E-state index in [1.54, 1.807) is 6.92 Å². The van der Waals surface area contributed by atoms with Gasteiger partial charge in [-0.3, -0.25) is 9.59 Å². The predicted octanol–water partition coefficient (Wildman–Crippen LogP) is 2.89. The summed E-state index contributed by atoms with van der Waals surface area (Å²) in [6, 6.07) is 15.3. The molecule has 0 radical (unpaired) electrons. The summed E-state index contributed by atoms with van der Waals surface area (Å²) < 4.78 is 5.41. The largest absolute Gasteiger partial charge is 0.481 e. The zero-order chi connectivity index (χ0) is 20.8. The minimum atomic E-state index is -0.913. The van der Waals surface area contributed by atoms with E-state index >= 15 is 0 Å². The molecule has 0 bridgehead atoms. The molecule has 29 heavy (non-hydrogen) atoms. The third kappa shape index (κ3) is 4.93. The molecule has 1 atom stereocenters. The van der Waals surface area contributed by atoms with Crippen LogP contribution >= 0.6 is 0 Å². The van der Waals surface area contributed by atoms with Gasteiger partial charge in [0.15, 0.2) is 0 Å². The van der Waals surface area contributed by atoms with Crippen molar-refractivity contribution in [1.29, 1.82) is 0 Å². The molecular formula is C22H24N2O5. The van der Waals surface area contributed by atoms with Gasteiger partial charge in [0.2, 0.25) is 5.91 Å². The van der Waals surface area contributed by atoms with Crippen molar-refractivity contribution in [2.45, 2.75) is 31.7 Å². The number of hydrogen-bond acceptors (Lipinski definition) is 4. The van der Waals surface area contributed by atoms with Crippen LogP contribution in [0.4, 0.5) is 4.79 Å². The van der Waals surface area contributed by atoms with E-state index in [2.05, 4.69) is 22.8 Å². The van der Waals surface area contributed by atoms with Crippen molar-refractivity contribution in [3.63, 3.8) is 0 Å². The first kappa shape index (κ1) is 20.4. The maximum absolute atomic E-state index is 12.2. The number of carbonyl (C=O) groups is 3. The number of carbonyl (C=O) groups excluding carboxylic acids is 2. The summed E-state index contributed by atoms with van der Waals surface area (Å²) in [5.41, 5.74) is 4.52. The van der Waals surface area contributed by atoms with E-state index in [0.717, 1.165) is 22.3 Å². The minimum absolute atomic E-state index is 0.0194. The normalized spacial score (nSPS) is 13.1. The van der Waals surface area contributed by atoms with Crippen LogP contribution in [0, 0.1) is 0 Å². The van der Waals surface area contributed by atoms with Gasteiger partial charge in [-0.15, -0.1) is 0 Å². The standard InChI is InChI=1S/C22H24N2O5/c1-14(21(27)23-12-6-11-20(25)26)24-22(28)29-13-19-17-9-4-2-7-15(17)16-8-3-5-10-18(16)19/h2-5,7-10,14,19H,6,11-13H2,1H3,(H,23,27)(H,24,28)(H,25,26)/t14-/m0/s1. The Morgan fingerprint density at radius 2 is 1.62 bits per heavy atom. The van der Waals surface area contributed by atoms with E-state index in [1.807, 2.05) is 36.4 Å². The van der Waals surface area contributed by atoms with Crippen LogP contribution in [0.3, 0.4) is 0 Å². The van der Waals surface area contributed by atoms with Crippen molar-refractivity contribution in [2.75, 3.05) is 13.2 Å². The van der Waals surface area contributed by atoms with E-state index in [1.165, 1.54) is 0 Å². The maximum Gasteiger partial charge on any atom is 0.407 e. The van der Waals surface area contributed by atoms with Gasteiger partial charge < -0.3 is 20.5 Å². The highest BCUT2D eigenvalue weighted by molar-refractivity contribution is 5.85. The highest BCUT2D eigenvalue weighted by Gasteiger charge is 2.29. The van der Waals surface area contributed by atoms with Gasteiger partial charge in [0.05, 0.1) is 0 Å². The fourth-order valence-electron chi connectivity index (χ4n) is 3.49. The smallest absolute Gasteiger partial charge is 0.407 e. The van der Waals surface area contributed by atoms with Crippen molar-refractivity contribution in [2.24, 2.45) is 0 Å². The molecule has 0 unspecified atom stereocenters. The molecule has 1 aliphatic carbocycles. The number of aliphatic carboxylic acids is 1. The number of alkyl carbamates (subject to hydrolysis) is 1. The molecule has 0 spiro atoms. The molecular weight excluding hydrogens is 372 g/mol. The van der Waals surface area contributed by atoms with Gasteiger partial charge in [0, 0.05) is 18.9 Å². The van der Waals surface area contributed by atoms with Crippen molar-refractivity contribution >= 4 is 18.0 Å². The van der Waals surface area contributed by atoms with Crippen LogP contribution in [-0.4, -0.2) is 42.3 Å². The Bertz CT molecular complexity index is 866. The van der Waals surface area contributed by atoms with E-state index in [0.29, 0.717) is 6.42 Å². The zero-order valence-corrected chi connectivity index (χ0v) is 16.2. The number of carboxylic acid groups (broad SMARTS) is 1. The molecule has 0 saturated carbocycles. The van der Waals surface area contributed by atoms with Crippen LogP contribution in [0.2, 0.25) is 0 Å². The second-order valence-corrected chi connectivity index (χ2v) is 6.98. The number of hydrogen-bond donors (Lipinski definition) is 3. The molecule has 2 aromatic carbocycles. The summed E-state index contributed by atoms with van der Waals surface area (Å²) in [7, 11) is 0. The van der Waals surface area contributed by atoms with Crippen LogP contribution in [0.15, 0.2) is 48.5 Å². The second kappa shape index (κ2) is 9.23. The quantitative estimate of drug-likeness (QED) is 0.595. The molecule has 2 amide bonds. The Balaban J connectivity index is 1.52. The highest BCUT2D eigenvalue weighted by Crippen LogP contribution is 2.44. The Kier molecular flexibility index (Phi) is 6.49. The second-order valence-electron chi connectivity index (χ2n) is 6.98. The fraction of sp³-hybridized carbons (Fsp3) is 0.318. The number of amides is 2. The third-order valence-corrected chi connectivity index (χ3v) is 4.94. The summed E-state index contributed by atoms with van der Waals surface area (Å²) in [4.78, 5) is 34.6. The lowest BCUT2D eigenvalue weighted by molar-refractivity contribution is -0.137. The Morgan fingerprint density at radius 3 is 2.21 bits per heavy atom. The first-order valence-corrected chi connectivity index (χ1v) is 9.58. The van der Waals surface area contributed by atoms with Crippen molar-refractivity contribution < 1.29 is 24.2 Å². The number of benzene rings is 2. The van der Waals surface area contributed by atoms with Gasteiger partial charge in [-0.25, -0.2) is 4.79 Å². The van der Waals surface area contributed by atoms with Gasteiger partial charge >= 0.3 is 12.1 Å². The van der Waals surface area contributed by atoms with Crippen molar-refractivity contribution in [3.05, 3.63) is 59.7 Å². The molecule has 2 aromatic rings. The first-order chi connectivity index (χ1) is 14.0. The Labute approximate surface area is 169 Å². The van der Waals surface area contributed by atoms with Crippen LogP contribution in [0.25, 0.3) is 11.1 Å². The monoisotopic (exact) mass is 396 g/mol.